The molecular formula is C79H88O19. The first kappa shape index (κ1) is 72.7. The van der Waals surface area contributed by atoms with E-state index in [1.165, 1.54) is 137 Å². The minimum absolute atomic E-state index is 0.0283. The fourth-order valence-corrected chi connectivity index (χ4v) is 9.93. The van der Waals surface area contributed by atoms with Gasteiger partial charge in [0.1, 0.15) is 40.6 Å². The van der Waals surface area contributed by atoms with Gasteiger partial charge in [0.25, 0.3) is 0 Å². The number of hydrogen-bond acceptors (Lipinski definition) is 19. The summed E-state index contributed by atoms with van der Waals surface area (Å²) in [6.07, 6.45) is 19.4. The molecule has 0 bridgehead atoms. The smallest absolute Gasteiger partial charge is 0.343 e. The maximum Gasteiger partial charge on any atom is 0.343 e. The highest BCUT2D eigenvalue weighted by Gasteiger charge is 2.27. The Balaban J connectivity index is 0.914. The first-order chi connectivity index (χ1) is 48.0. The Hall–Kier alpha value is -9.56. The van der Waals surface area contributed by atoms with Crippen molar-refractivity contribution in [3.8, 4) is 57.5 Å². The van der Waals surface area contributed by atoms with Gasteiger partial charge in [0, 0.05) is 32.0 Å². The molecular weight excluding hydrogens is 1250 g/mol. The molecule has 1 aliphatic heterocycles. The van der Waals surface area contributed by atoms with Gasteiger partial charge in [-0.2, -0.15) is 0 Å². The van der Waals surface area contributed by atoms with E-state index < -0.39 is 58.8 Å². The maximum absolute atomic E-state index is 14.2. The van der Waals surface area contributed by atoms with Crippen LogP contribution in [-0.4, -0.2) is 101 Å². The summed E-state index contributed by atoms with van der Waals surface area (Å²) in [5, 5.41) is 0. The molecule has 1 atom stereocenters. The number of carbonyl (C=O) groups excluding carboxylic acids is 6. The molecule has 1 saturated carbocycles. The van der Waals surface area contributed by atoms with Crippen LogP contribution in [0.25, 0.3) is 0 Å². The summed E-state index contributed by atoms with van der Waals surface area (Å²) in [7, 11) is 0. The Morgan fingerprint density at radius 1 is 0.306 bits per heavy atom. The molecule has 2 aliphatic rings. The molecule has 1 heterocycles. The van der Waals surface area contributed by atoms with Crippen LogP contribution in [0.3, 0.4) is 0 Å². The number of rotatable bonds is 44. The molecule has 19 heteroatoms. The maximum atomic E-state index is 14.2. The van der Waals surface area contributed by atoms with Gasteiger partial charge < -0.3 is 61.6 Å². The lowest BCUT2D eigenvalue weighted by Crippen LogP contribution is -2.16. The Morgan fingerprint density at radius 2 is 0.551 bits per heavy atom. The van der Waals surface area contributed by atoms with Crippen molar-refractivity contribution >= 4 is 35.8 Å². The van der Waals surface area contributed by atoms with E-state index >= 15 is 0 Å². The summed E-state index contributed by atoms with van der Waals surface area (Å²) in [4.78, 5) is 83.2. The topological polar surface area (TPSA) is 226 Å². The normalized spacial score (nSPS) is 13.0. The van der Waals surface area contributed by atoms with E-state index in [1.54, 1.807) is 72.8 Å². The Kier molecular flexibility index (Phi) is 29.4. The zero-order chi connectivity index (χ0) is 68.5. The monoisotopic (exact) mass is 1340 g/mol. The lowest BCUT2D eigenvalue weighted by atomic mass is 10.1. The van der Waals surface area contributed by atoms with Crippen molar-refractivity contribution in [2.75, 3.05) is 59.5 Å². The van der Waals surface area contributed by atoms with Crippen molar-refractivity contribution in [1.29, 1.82) is 0 Å². The van der Waals surface area contributed by atoms with Crippen molar-refractivity contribution in [1.82, 2.24) is 0 Å². The van der Waals surface area contributed by atoms with Crippen LogP contribution in [-0.2, 0) is 14.2 Å². The highest BCUT2D eigenvalue weighted by molar-refractivity contribution is 5.97. The van der Waals surface area contributed by atoms with Crippen molar-refractivity contribution < 1.29 is 90.3 Å². The first-order valence-corrected chi connectivity index (χ1v) is 34.4. The van der Waals surface area contributed by atoms with Crippen LogP contribution in [0.4, 0.5) is 0 Å². The molecule has 1 aliphatic carbocycles. The van der Waals surface area contributed by atoms with E-state index in [-0.39, 0.29) is 51.0 Å². The summed E-state index contributed by atoms with van der Waals surface area (Å²) in [5.41, 5.74) is 0.634. The molecule has 2 fully saturated rings. The van der Waals surface area contributed by atoms with Gasteiger partial charge in [0.05, 0.1) is 73.0 Å². The lowest BCUT2D eigenvalue weighted by molar-refractivity contribution is 0.0662. The zero-order valence-electron chi connectivity index (χ0n) is 56.0. The minimum Gasteiger partial charge on any atom is -0.494 e. The average Bonchev–Trinajstić information content (AvgIpc) is 1.29. The number of hydrogen-bond donors (Lipinski definition) is 0. The highest BCUT2D eigenvalue weighted by Crippen LogP contribution is 2.42. The van der Waals surface area contributed by atoms with Crippen molar-refractivity contribution in [3.63, 3.8) is 0 Å². The van der Waals surface area contributed by atoms with E-state index in [0.29, 0.717) is 75.2 Å². The van der Waals surface area contributed by atoms with Crippen LogP contribution >= 0.6 is 0 Å². The number of benzene rings is 7. The third-order valence-electron chi connectivity index (χ3n) is 16.0. The molecule has 518 valence electrons. The second-order valence-corrected chi connectivity index (χ2v) is 24.1. The fourth-order valence-electron chi connectivity index (χ4n) is 9.93. The van der Waals surface area contributed by atoms with Crippen molar-refractivity contribution in [3.05, 3.63) is 191 Å². The summed E-state index contributed by atoms with van der Waals surface area (Å²) in [6, 6.07) is 38.9. The van der Waals surface area contributed by atoms with Crippen LogP contribution in [0.15, 0.2) is 158 Å². The third kappa shape index (κ3) is 25.1. The van der Waals surface area contributed by atoms with Gasteiger partial charge in [-0.05, 0) is 203 Å². The zero-order valence-corrected chi connectivity index (χ0v) is 56.0. The average molecular weight is 1340 g/mol. The SMILES string of the molecule is CCCCCCCCOc1ccc(C(=O)Oc2ccc(C(=O)Oc3cc(OC(=O)c4ccc(OCCCCOCC5CO5)cc4)c(OC(=O)c4ccc(OC(=O)c5ccc(OCCCCCCCC)cc5)cc4)cc3OC(=O)c3ccc(OCCCCOCC4CC4)cc3)cc2)cc1. The predicted octanol–water partition coefficient (Wildman–Crippen LogP) is 16.6. The van der Waals surface area contributed by atoms with Crippen LogP contribution in [0.2, 0.25) is 0 Å². The summed E-state index contributed by atoms with van der Waals surface area (Å²) in [6.45, 7) is 9.66. The molecule has 19 nitrogen and oxygen atoms in total. The largest absolute Gasteiger partial charge is 0.494 e. The summed E-state index contributed by atoms with van der Waals surface area (Å²) < 4.78 is 75.2. The Labute approximate surface area is 573 Å². The van der Waals surface area contributed by atoms with Crippen LogP contribution in [0.5, 0.6) is 57.5 Å². The van der Waals surface area contributed by atoms with E-state index in [1.807, 2.05) is 0 Å². The molecule has 1 unspecified atom stereocenters. The van der Waals surface area contributed by atoms with Gasteiger partial charge in [0.2, 0.25) is 0 Å². The second kappa shape index (κ2) is 39.6. The second-order valence-electron chi connectivity index (χ2n) is 24.1. The van der Waals surface area contributed by atoms with Gasteiger partial charge in [-0.25, -0.2) is 28.8 Å². The molecule has 0 radical (unpaired) electrons. The third-order valence-corrected chi connectivity index (χ3v) is 16.0. The van der Waals surface area contributed by atoms with E-state index in [2.05, 4.69) is 13.8 Å². The van der Waals surface area contributed by atoms with Crippen LogP contribution < -0.4 is 47.4 Å². The number of unbranched alkanes of at least 4 members (excludes halogenated alkanes) is 12. The molecule has 1 saturated heterocycles. The first-order valence-electron chi connectivity index (χ1n) is 34.4. The molecule has 0 amide bonds. The number of carbonyl (C=O) groups is 6. The predicted molar refractivity (Wildman–Crippen MR) is 366 cm³/mol. The highest BCUT2D eigenvalue weighted by atomic mass is 16.6. The lowest BCUT2D eigenvalue weighted by Gasteiger charge is -2.16. The van der Waals surface area contributed by atoms with Gasteiger partial charge in [-0.1, -0.05) is 78.1 Å². The molecule has 0 aromatic heterocycles. The molecule has 98 heavy (non-hydrogen) atoms. The van der Waals surface area contributed by atoms with E-state index in [9.17, 15) is 28.8 Å². The van der Waals surface area contributed by atoms with Crippen molar-refractivity contribution in [2.45, 2.75) is 136 Å². The van der Waals surface area contributed by atoms with Gasteiger partial charge in [-0.3, -0.25) is 0 Å². The van der Waals surface area contributed by atoms with Crippen molar-refractivity contribution in [2.24, 2.45) is 5.92 Å². The molecule has 0 spiro atoms. The van der Waals surface area contributed by atoms with Gasteiger partial charge >= 0.3 is 35.8 Å². The Bertz CT molecular complexity index is 3380. The number of ether oxygens (including phenoxy) is 13. The number of esters is 6. The van der Waals surface area contributed by atoms with Crippen LogP contribution in [0.1, 0.15) is 192 Å². The minimum atomic E-state index is -0.976. The van der Waals surface area contributed by atoms with Gasteiger partial charge in [-0.15, -0.1) is 0 Å². The van der Waals surface area contributed by atoms with Crippen LogP contribution in [0, 0.1) is 5.92 Å². The summed E-state index contributed by atoms with van der Waals surface area (Å²) >= 11 is 0. The molecule has 7 aromatic carbocycles. The Morgan fingerprint density at radius 3 is 0.837 bits per heavy atom. The molecule has 0 N–H and O–H groups in total. The van der Waals surface area contributed by atoms with E-state index in [0.717, 1.165) is 76.7 Å². The quantitative estimate of drug-likeness (QED) is 0.0150. The summed E-state index contributed by atoms with van der Waals surface area (Å²) in [5.74, 6) is -3.60. The fraction of sp³-hybridized carbons (Fsp3) is 0.392. The number of epoxide rings is 1. The van der Waals surface area contributed by atoms with E-state index in [4.69, 9.17) is 61.6 Å². The van der Waals surface area contributed by atoms with Gasteiger partial charge in [0.15, 0.2) is 23.0 Å². The standard InChI is InChI=1S/C79H88O19/c1-3-5-7-9-11-13-47-88-63-33-21-57(22-34-63)74(80)93-67-41-29-61(30-42-67)78(84)97-72-52-71(96-77(83)60-27-39-66(40-28-60)91-50-18-16-46-87-54-69-55-92-69)73(51-70(72)95-76(82)59-25-37-65(38-26-59)90-49-17-15-45-86-53-56-19-20-56)98-79(85)62-31-43-68(44-32-62)94-75(81)58-23-35-64(36-24-58)89-48-14-12-10-8-6-4-2/h21-44,51-52,56,69H,3-20,45-50,53-55H2,1-2H3. The molecule has 7 aromatic rings. The molecule has 9 rings (SSSR count).